The van der Waals surface area contributed by atoms with Crippen LogP contribution < -0.4 is 5.32 Å². The average molecular weight is 167 g/mol. The molecule has 0 amide bonds. The van der Waals surface area contributed by atoms with Crippen LogP contribution in [-0.2, 0) is 0 Å². The van der Waals surface area contributed by atoms with Crippen LogP contribution in [0.2, 0.25) is 0 Å². The minimum atomic E-state index is 0.440. The van der Waals surface area contributed by atoms with E-state index in [0.717, 1.165) is 13.0 Å². The van der Waals surface area contributed by atoms with Gasteiger partial charge in [0, 0.05) is 5.54 Å². The Morgan fingerprint density at radius 1 is 1.42 bits per heavy atom. The van der Waals surface area contributed by atoms with Crippen LogP contribution in [0.25, 0.3) is 0 Å². The highest BCUT2D eigenvalue weighted by Crippen LogP contribution is 2.28. The molecule has 0 heterocycles. The van der Waals surface area contributed by atoms with Crippen LogP contribution in [0, 0.1) is 0 Å². The number of hydrogen-bond donors (Lipinski definition) is 1. The zero-order valence-electron chi connectivity index (χ0n) is 8.45. The molecule has 0 aromatic carbocycles. The Bertz CT molecular complexity index is 154. The van der Waals surface area contributed by atoms with Crippen molar-refractivity contribution in [1.82, 2.24) is 5.32 Å². The molecule has 1 aliphatic carbocycles. The van der Waals surface area contributed by atoms with Gasteiger partial charge in [0.2, 0.25) is 0 Å². The van der Waals surface area contributed by atoms with Gasteiger partial charge in [-0.15, -0.1) is 6.58 Å². The number of hydrogen-bond acceptors (Lipinski definition) is 1. The van der Waals surface area contributed by atoms with Gasteiger partial charge in [-0.1, -0.05) is 18.4 Å². The molecule has 0 aromatic heterocycles. The molecule has 1 nitrogen and oxygen atoms in total. The van der Waals surface area contributed by atoms with Crippen LogP contribution >= 0.6 is 0 Å². The maximum atomic E-state index is 3.90. The molecule has 1 heteroatoms. The molecule has 0 spiro atoms. The fourth-order valence-electron chi connectivity index (χ4n) is 1.91. The third-order valence-electron chi connectivity index (χ3n) is 2.81. The molecule has 0 unspecified atom stereocenters. The van der Waals surface area contributed by atoms with Crippen molar-refractivity contribution in [3.63, 3.8) is 0 Å². The van der Waals surface area contributed by atoms with Crippen molar-refractivity contribution in [3.05, 3.63) is 12.2 Å². The van der Waals surface area contributed by atoms with E-state index in [9.17, 15) is 0 Å². The van der Waals surface area contributed by atoms with Crippen molar-refractivity contribution in [2.24, 2.45) is 0 Å². The molecule has 12 heavy (non-hydrogen) atoms. The molecule has 0 radical (unpaired) electrons. The first-order chi connectivity index (χ1) is 5.62. The van der Waals surface area contributed by atoms with Gasteiger partial charge >= 0.3 is 0 Å². The lowest BCUT2D eigenvalue weighted by atomic mass is 10.0. The zero-order valence-corrected chi connectivity index (χ0v) is 8.45. The molecule has 0 atom stereocenters. The van der Waals surface area contributed by atoms with Crippen molar-refractivity contribution in [2.75, 3.05) is 6.54 Å². The lowest BCUT2D eigenvalue weighted by molar-refractivity contribution is 0.368. The van der Waals surface area contributed by atoms with E-state index in [1.807, 2.05) is 0 Å². The van der Waals surface area contributed by atoms with Crippen molar-refractivity contribution in [2.45, 2.75) is 51.5 Å². The Kier molecular flexibility index (Phi) is 3.33. The standard InChI is InChI=1S/C11H21N/c1-10(2)6-9-12-11(3)7-4-5-8-11/h12H,1,4-9H2,2-3H3. The molecule has 0 aliphatic heterocycles. The lowest BCUT2D eigenvalue weighted by Gasteiger charge is -2.25. The summed E-state index contributed by atoms with van der Waals surface area (Å²) < 4.78 is 0. The quantitative estimate of drug-likeness (QED) is 0.635. The fourth-order valence-corrected chi connectivity index (χ4v) is 1.91. The third-order valence-corrected chi connectivity index (χ3v) is 2.81. The van der Waals surface area contributed by atoms with Gasteiger partial charge in [0.15, 0.2) is 0 Å². The topological polar surface area (TPSA) is 12.0 Å². The zero-order chi connectivity index (χ0) is 9.03. The van der Waals surface area contributed by atoms with Crippen molar-refractivity contribution in [3.8, 4) is 0 Å². The first-order valence-corrected chi connectivity index (χ1v) is 5.02. The van der Waals surface area contributed by atoms with Gasteiger partial charge in [-0.25, -0.2) is 0 Å². The van der Waals surface area contributed by atoms with Gasteiger partial charge in [0.05, 0.1) is 0 Å². The van der Waals surface area contributed by atoms with Crippen LogP contribution in [0.1, 0.15) is 46.0 Å². The predicted molar refractivity (Wildman–Crippen MR) is 54.3 cm³/mol. The largest absolute Gasteiger partial charge is 0.311 e. The lowest BCUT2D eigenvalue weighted by Crippen LogP contribution is -2.39. The van der Waals surface area contributed by atoms with Gasteiger partial charge in [0.1, 0.15) is 0 Å². The highest BCUT2D eigenvalue weighted by molar-refractivity contribution is 4.92. The second-order valence-electron chi connectivity index (χ2n) is 4.40. The van der Waals surface area contributed by atoms with Gasteiger partial charge in [-0.2, -0.15) is 0 Å². The molecule has 0 saturated heterocycles. The van der Waals surface area contributed by atoms with E-state index in [-0.39, 0.29) is 0 Å². The first kappa shape index (κ1) is 9.79. The highest BCUT2D eigenvalue weighted by Gasteiger charge is 2.27. The SMILES string of the molecule is C=C(C)CCNC1(C)CCCC1. The van der Waals surface area contributed by atoms with Crippen LogP contribution in [0.4, 0.5) is 0 Å². The van der Waals surface area contributed by atoms with Crippen LogP contribution in [-0.4, -0.2) is 12.1 Å². The molecular formula is C11H21N. The smallest absolute Gasteiger partial charge is 0.0153 e. The van der Waals surface area contributed by atoms with E-state index in [0.29, 0.717) is 5.54 Å². The third kappa shape index (κ3) is 2.98. The summed E-state index contributed by atoms with van der Waals surface area (Å²) in [5.74, 6) is 0. The summed E-state index contributed by atoms with van der Waals surface area (Å²) in [5.41, 5.74) is 1.72. The Morgan fingerprint density at radius 2 is 2.00 bits per heavy atom. The fraction of sp³-hybridized carbons (Fsp3) is 0.818. The summed E-state index contributed by atoms with van der Waals surface area (Å²) >= 11 is 0. The second kappa shape index (κ2) is 4.08. The van der Waals surface area contributed by atoms with Crippen LogP contribution in [0.3, 0.4) is 0 Å². The molecule has 0 bridgehead atoms. The molecule has 1 fully saturated rings. The van der Waals surface area contributed by atoms with Gasteiger partial charge in [-0.05, 0) is 39.7 Å². The Morgan fingerprint density at radius 3 is 2.50 bits per heavy atom. The summed E-state index contributed by atoms with van der Waals surface area (Å²) in [6.07, 6.45) is 6.62. The minimum absolute atomic E-state index is 0.440. The normalized spacial score (nSPS) is 21.2. The first-order valence-electron chi connectivity index (χ1n) is 5.02. The van der Waals surface area contributed by atoms with Crippen molar-refractivity contribution in [1.29, 1.82) is 0 Å². The predicted octanol–water partition coefficient (Wildman–Crippen LogP) is 2.87. The summed E-state index contributed by atoms with van der Waals surface area (Å²) in [6.45, 7) is 9.45. The van der Waals surface area contributed by atoms with Gasteiger partial charge in [0.25, 0.3) is 0 Å². The maximum absolute atomic E-state index is 3.90. The van der Waals surface area contributed by atoms with Gasteiger partial charge in [-0.3, -0.25) is 0 Å². The Balaban J connectivity index is 2.17. The summed E-state index contributed by atoms with van der Waals surface area (Å²) in [7, 11) is 0. The van der Waals surface area contributed by atoms with E-state index in [1.54, 1.807) is 0 Å². The average Bonchev–Trinajstić information content (AvgIpc) is 2.35. The second-order valence-corrected chi connectivity index (χ2v) is 4.40. The van der Waals surface area contributed by atoms with E-state index < -0.39 is 0 Å². The molecule has 1 N–H and O–H groups in total. The summed E-state index contributed by atoms with van der Waals surface area (Å²) in [6, 6.07) is 0. The van der Waals surface area contributed by atoms with Crippen LogP contribution in [0.5, 0.6) is 0 Å². The van der Waals surface area contributed by atoms with Crippen molar-refractivity contribution >= 4 is 0 Å². The number of nitrogens with one attached hydrogen (secondary N) is 1. The maximum Gasteiger partial charge on any atom is 0.0153 e. The van der Waals surface area contributed by atoms with E-state index in [4.69, 9.17) is 0 Å². The van der Waals surface area contributed by atoms with E-state index >= 15 is 0 Å². The van der Waals surface area contributed by atoms with E-state index in [2.05, 4.69) is 25.7 Å². The molecule has 1 aliphatic rings. The summed E-state index contributed by atoms with van der Waals surface area (Å²) in [5, 5.41) is 3.63. The summed E-state index contributed by atoms with van der Waals surface area (Å²) in [4.78, 5) is 0. The molecule has 1 rings (SSSR count). The molecular weight excluding hydrogens is 146 g/mol. The molecule has 70 valence electrons. The Hall–Kier alpha value is -0.300. The monoisotopic (exact) mass is 167 g/mol. The number of rotatable bonds is 4. The molecule has 1 saturated carbocycles. The Labute approximate surface area is 76.2 Å². The minimum Gasteiger partial charge on any atom is -0.311 e. The van der Waals surface area contributed by atoms with Crippen molar-refractivity contribution < 1.29 is 0 Å². The van der Waals surface area contributed by atoms with Crippen LogP contribution in [0.15, 0.2) is 12.2 Å². The molecule has 0 aromatic rings. The van der Waals surface area contributed by atoms with Gasteiger partial charge < -0.3 is 5.32 Å². The highest BCUT2D eigenvalue weighted by atomic mass is 15.0. The van der Waals surface area contributed by atoms with E-state index in [1.165, 1.54) is 31.3 Å².